The minimum absolute atomic E-state index is 0.116. The van der Waals surface area contributed by atoms with Crippen molar-refractivity contribution in [2.75, 3.05) is 6.54 Å². The lowest BCUT2D eigenvalue weighted by Crippen LogP contribution is -2.75. The highest BCUT2D eigenvalue weighted by Crippen LogP contribution is 2.63. The summed E-state index contributed by atoms with van der Waals surface area (Å²) in [5, 5.41) is 0.849. The van der Waals surface area contributed by atoms with E-state index in [1.807, 2.05) is 0 Å². The van der Waals surface area contributed by atoms with E-state index < -0.39 is 60.1 Å². The molecule has 198 valence electrons. The summed E-state index contributed by atoms with van der Waals surface area (Å²) in [5.41, 5.74) is 0. The van der Waals surface area contributed by atoms with Crippen molar-refractivity contribution in [2.45, 2.75) is 73.8 Å². The standard InChI is InChI=1S/C14H12F17NO/c1-2-3-4-5-32-6(33)7(15,16)8(17,18)9(19,20)10(21,22)11(23,24)12(25,26)13(27,28)14(29,30)31/h2-5H2,1H3,(H,32,33). The van der Waals surface area contributed by atoms with Crippen LogP contribution in [0.25, 0.3) is 0 Å². The van der Waals surface area contributed by atoms with Gasteiger partial charge in [0, 0.05) is 6.54 Å². The Morgan fingerprint density at radius 1 is 0.545 bits per heavy atom. The molecule has 0 aliphatic rings. The summed E-state index contributed by atoms with van der Waals surface area (Å²) in [6.07, 6.45) is -7.65. The molecule has 0 radical (unpaired) electrons. The molecule has 2 nitrogen and oxygen atoms in total. The molecule has 0 rings (SSSR count). The van der Waals surface area contributed by atoms with Gasteiger partial charge in [0.1, 0.15) is 0 Å². The van der Waals surface area contributed by atoms with E-state index in [9.17, 15) is 79.4 Å². The van der Waals surface area contributed by atoms with Crippen LogP contribution in [-0.4, -0.2) is 60.1 Å². The molecule has 1 N–H and O–H groups in total. The van der Waals surface area contributed by atoms with Gasteiger partial charge in [-0.3, -0.25) is 4.79 Å². The summed E-state index contributed by atoms with van der Waals surface area (Å²) in [6, 6.07) is 0. The van der Waals surface area contributed by atoms with Crippen LogP contribution in [0.15, 0.2) is 0 Å². The van der Waals surface area contributed by atoms with Gasteiger partial charge in [-0.25, -0.2) is 0 Å². The van der Waals surface area contributed by atoms with Gasteiger partial charge in [0.25, 0.3) is 5.91 Å². The maximum absolute atomic E-state index is 13.5. The quantitative estimate of drug-likeness (QED) is 0.245. The first-order chi connectivity index (χ1) is 14.2. The van der Waals surface area contributed by atoms with Crippen molar-refractivity contribution in [1.29, 1.82) is 0 Å². The maximum Gasteiger partial charge on any atom is 0.460 e. The van der Waals surface area contributed by atoms with E-state index >= 15 is 0 Å². The van der Waals surface area contributed by atoms with Crippen LogP contribution in [0.4, 0.5) is 74.6 Å². The third-order valence-electron chi connectivity index (χ3n) is 4.07. The molecular weight excluding hydrogens is 521 g/mol. The Balaban J connectivity index is 6.45. The number of rotatable bonds is 11. The van der Waals surface area contributed by atoms with E-state index in [1.54, 1.807) is 0 Å². The van der Waals surface area contributed by atoms with Crippen LogP contribution in [0.1, 0.15) is 26.2 Å². The molecule has 0 aliphatic carbocycles. The molecule has 0 spiro atoms. The van der Waals surface area contributed by atoms with Gasteiger partial charge < -0.3 is 5.32 Å². The van der Waals surface area contributed by atoms with Gasteiger partial charge in [-0.2, -0.15) is 74.6 Å². The molecule has 19 heteroatoms. The minimum Gasteiger partial charge on any atom is -0.351 e. The van der Waals surface area contributed by atoms with Gasteiger partial charge in [-0.05, 0) is 6.42 Å². The number of halogens is 17. The van der Waals surface area contributed by atoms with Crippen LogP contribution in [-0.2, 0) is 4.79 Å². The number of hydrogen-bond acceptors (Lipinski definition) is 1. The third-order valence-corrected chi connectivity index (χ3v) is 4.07. The molecule has 0 bridgehead atoms. The van der Waals surface area contributed by atoms with Crippen LogP contribution in [0.2, 0.25) is 0 Å². The molecule has 0 heterocycles. The van der Waals surface area contributed by atoms with Crippen LogP contribution < -0.4 is 5.32 Å². The number of unbranched alkanes of at least 4 members (excludes halogenated alkanes) is 2. The fourth-order valence-electron chi connectivity index (χ4n) is 1.99. The molecule has 0 aliphatic heterocycles. The number of alkyl halides is 17. The summed E-state index contributed by atoms with van der Waals surface area (Å²) in [7, 11) is 0. The van der Waals surface area contributed by atoms with Crippen molar-refractivity contribution in [3.63, 3.8) is 0 Å². The molecule has 0 saturated carbocycles. The normalized spacial score (nSPS) is 15.6. The van der Waals surface area contributed by atoms with Crippen LogP contribution >= 0.6 is 0 Å². The number of hydrogen-bond donors (Lipinski definition) is 1. The molecule has 0 atom stereocenters. The van der Waals surface area contributed by atoms with Crippen molar-refractivity contribution in [3.05, 3.63) is 0 Å². The zero-order valence-corrected chi connectivity index (χ0v) is 15.7. The molecule has 1 amide bonds. The van der Waals surface area contributed by atoms with Gasteiger partial charge >= 0.3 is 47.6 Å². The molecule has 0 fully saturated rings. The minimum atomic E-state index is -8.71. The molecule has 0 unspecified atom stereocenters. The summed E-state index contributed by atoms with van der Waals surface area (Å²) in [5.74, 6) is -61.2. The monoisotopic (exact) mass is 533 g/mol. The van der Waals surface area contributed by atoms with Gasteiger partial charge in [0.2, 0.25) is 0 Å². The lowest BCUT2D eigenvalue weighted by atomic mass is 9.89. The van der Waals surface area contributed by atoms with E-state index in [0.29, 0.717) is 6.42 Å². The zero-order chi connectivity index (χ0) is 27.1. The highest BCUT2D eigenvalue weighted by molar-refractivity contribution is 5.84. The molecule has 0 aromatic heterocycles. The number of carbonyl (C=O) groups excluding carboxylic acids is 1. The second kappa shape index (κ2) is 8.81. The molecule has 0 aromatic carbocycles. The highest BCUT2D eigenvalue weighted by Gasteiger charge is 2.95. The Labute approximate surface area is 172 Å². The van der Waals surface area contributed by atoms with E-state index in [4.69, 9.17) is 0 Å². The Bertz CT molecular complexity index is 696. The van der Waals surface area contributed by atoms with Gasteiger partial charge in [-0.15, -0.1) is 0 Å². The second-order valence-electron chi connectivity index (χ2n) is 6.48. The average molecular weight is 533 g/mol. The SMILES string of the molecule is CCCCCNC(=O)C(F)(F)C(F)(F)C(F)(F)C(F)(F)C(F)(F)C(F)(F)C(F)(F)C(F)(F)F. The maximum atomic E-state index is 13.5. The van der Waals surface area contributed by atoms with E-state index in [2.05, 4.69) is 0 Å². The number of amides is 1. The first-order valence-corrected chi connectivity index (χ1v) is 8.23. The van der Waals surface area contributed by atoms with Crippen molar-refractivity contribution in [3.8, 4) is 0 Å². The fraction of sp³-hybridized carbons (Fsp3) is 0.929. The van der Waals surface area contributed by atoms with Crippen LogP contribution in [0.5, 0.6) is 0 Å². The van der Waals surface area contributed by atoms with E-state index in [1.165, 1.54) is 6.92 Å². The smallest absolute Gasteiger partial charge is 0.351 e. The summed E-state index contributed by atoms with van der Waals surface area (Å²) < 4.78 is 222. The number of carbonyl (C=O) groups is 1. The average Bonchev–Trinajstić information content (AvgIpc) is 2.62. The second-order valence-corrected chi connectivity index (χ2v) is 6.48. The van der Waals surface area contributed by atoms with Gasteiger partial charge in [-0.1, -0.05) is 19.8 Å². The predicted octanol–water partition coefficient (Wildman–Crippen LogP) is 6.30. The van der Waals surface area contributed by atoms with Crippen LogP contribution in [0, 0.1) is 0 Å². The van der Waals surface area contributed by atoms with Gasteiger partial charge in [0.15, 0.2) is 0 Å². The largest absolute Gasteiger partial charge is 0.460 e. The van der Waals surface area contributed by atoms with Crippen LogP contribution in [0.3, 0.4) is 0 Å². The van der Waals surface area contributed by atoms with E-state index in [0.717, 1.165) is 5.32 Å². The number of nitrogens with one attached hydrogen (secondary N) is 1. The topological polar surface area (TPSA) is 29.1 Å². The first kappa shape index (κ1) is 31.3. The Morgan fingerprint density at radius 3 is 1.21 bits per heavy atom. The summed E-state index contributed by atoms with van der Waals surface area (Å²) in [4.78, 5) is 11.1. The Hall–Kier alpha value is -1.72. The lowest BCUT2D eigenvalue weighted by Gasteiger charge is -2.42. The van der Waals surface area contributed by atoms with Crippen molar-refractivity contribution >= 4 is 5.91 Å². The molecule has 0 saturated heterocycles. The zero-order valence-electron chi connectivity index (χ0n) is 15.7. The fourth-order valence-corrected chi connectivity index (χ4v) is 1.99. The molecular formula is C14H12F17NO. The van der Waals surface area contributed by atoms with Crippen molar-refractivity contribution < 1.29 is 79.4 Å². The lowest BCUT2D eigenvalue weighted by molar-refractivity contribution is -0.459. The van der Waals surface area contributed by atoms with Crippen molar-refractivity contribution in [2.24, 2.45) is 0 Å². The van der Waals surface area contributed by atoms with Crippen molar-refractivity contribution in [1.82, 2.24) is 5.32 Å². The van der Waals surface area contributed by atoms with E-state index in [-0.39, 0.29) is 12.8 Å². The predicted molar refractivity (Wildman–Crippen MR) is 73.2 cm³/mol. The Morgan fingerprint density at radius 2 is 0.879 bits per heavy atom. The summed E-state index contributed by atoms with van der Waals surface area (Å²) in [6.45, 7) is 0.526. The highest BCUT2D eigenvalue weighted by atomic mass is 19.4. The third kappa shape index (κ3) is 4.51. The molecule has 33 heavy (non-hydrogen) atoms. The Kier molecular flexibility index (Phi) is 8.35. The first-order valence-electron chi connectivity index (χ1n) is 8.23. The molecule has 0 aromatic rings. The van der Waals surface area contributed by atoms with Gasteiger partial charge in [0.05, 0.1) is 0 Å². The summed E-state index contributed by atoms with van der Waals surface area (Å²) >= 11 is 0.